The highest BCUT2D eigenvalue weighted by Gasteiger charge is 2.46. The molecule has 1 heterocycles. The van der Waals surface area contributed by atoms with Crippen molar-refractivity contribution in [2.24, 2.45) is 41.4 Å². The Morgan fingerprint density at radius 1 is 0.469 bits per heavy atom. The van der Waals surface area contributed by atoms with E-state index in [-0.39, 0.29) is 99.4 Å². The fourth-order valence-corrected chi connectivity index (χ4v) is 13.2. The van der Waals surface area contributed by atoms with Gasteiger partial charge in [-0.3, -0.25) is 62.3 Å². The molecule has 1 aliphatic heterocycles. The molecule has 0 aromatic carbocycles. The predicted molar refractivity (Wildman–Crippen MR) is 380 cm³/mol. The fraction of sp³-hybridized carbons (Fsp3) is 0.789. The second kappa shape index (κ2) is 42.5. The van der Waals surface area contributed by atoms with Gasteiger partial charge in [-0.1, -0.05) is 109 Å². The number of ketones is 1. The van der Waals surface area contributed by atoms with Gasteiger partial charge in [0.05, 0.1) is 6.10 Å². The van der Waals surface area contributed by atoms with Crippen molar-refractivity contribution in [3.05, 3.63) is 12.2 Å². The van der Waals surface area contributed by atoms with Gasteiger partial charge in [-0.05, 0) is 119 Å². The number of likely N-dealkylation sites (N-methyl/N-ethyl adjacent to an activating group) is 7. The van der Waals surface area contributed by atoms with E-state index >= 15 is 28.8 Å². The molecule has 0 aromatic rings. The minimum atomic E-state index is -1.69. The average molecular weight is 1400 g/mol. The lowest BCUT2D eigenvalue weighted by Crippen LogP contribution is -2.64. The molecule has 0 unspecified atom stereocenters. The minimum Gasteiger partial charge on any atom is -0.481 e. The van der Waals surface area contributed by atoms with Gasteiger partial charge in [-0.2, -0.15) is 11.8 Å². The molecule has 0 aromatic heterocycles. The lowest BCUT2D eigenvalue weighted by Gasteiger charge is -2.41. The van der Waals surface area contributed by atoms with Gasteiger partial charge in [0.25, 0.3) is 0 Å². The third-order valence-corrected chi connectivity index (χ3v) is 19.4. The second-order valence-corrected chi connectivity index (χ2v) is 30.4. The van der Waals surface area contributed by atoms with Crippen molar-refractivity contribution in [2.45, 2.75) is 261 Å². The summed E-state index contributed by atoms with van der Waals surface area (Å²) in [4.78, 5) is 197. The summed E-state index contributed by atoms with van der Waals surface area (Å²) >= 11 is 1.25. The molecule has 13 atom stereocenters. The Morgan fingerprint density at radius 3 is 1.36 bits per heavy atom. The third kappa shape index (κ3) is 26.8. The maximum absolute atomic E-state index is 15.4. The molecule has 6 N–H and O–H groups in total. The van der Waals surface area contributed by atoms with Crippen LogP contribution in [0.3, 0.4) is 0 Å². The number of aliphatic hydroxyl groups is 1. The molecule has 11 amide bonds. The molecule has 98 heavy (non-hydrogen) atoms. The lowest BCUT2D eigenvalue weighted by molar-refractivity contribution is -0.157. The van der Waals surface area contributed by atoms with E-state index in [1.54, 1.807) is 60.6 Å². The zero-order chi connectivity index (χ0) is 75.7. The third-order valence-electron chi connectivity index (χ3n) is 18.2. The van der Waals surface area contributed by atoms with Gasteiger partial charge in [-0.15, -0.1) is 0 Å². The summed E-state index contributed by atoms with van der Waals surface area (Å²) in [5.41, 5.74) is 0. The Hall–Kier alpha value is -6.64. The van der Waals surface area contributed by atoms with Gasteiger partial charge >= 0.3 is 5.97 Å². The number of rotatable bonds is 25. The highest BCUT2D eigenvalue weighted by Crippen LogP contribution is 2.27. The molecule has 1 aliphatic rings. The standard InChI is InChI=1S/C71H125N11O15S/c1-25-27-30-46(15)60(86)59-64(90)74-50(26-2)66(92)80(22)55(39-98-34-29-32-49(83)31-28-33-56(84)85)69(95)76(18)52(36-41(5)6)63(89)75-57(44(11)12)70(96)77(19)51(35-40(3)4)62(88)72-47(16)61(87)73-48(17)65(91)78(20)53(37-42(7)8)67(93)79(21)54(38-43(9)10)68(94)81(23)58(45(13)14)71(97)82(59)24/h25,27,40-48,50-55,57-60,86H,26,28-39H2,1-24H3,(H,72,88)(H,73,87)(H,74,90)(H,75,89)(H,84,85)/b27-25+/t46-,47-,48+,50-,51-,52+,53-,54-,55-,57-,58-,59-,60-/m1/s1. The number of nitrogens with one attached hydrogen (secondary N) is 4. The van der Waals surface area contributed by atoms with E-state index in [4.69, 9.17) is 5.11 Å². The van der Waals surface area contributed by atoms with E-state index in [1.165, 1.54) is 104 Å². The van der Waals surface area contributed by atoms with Crippen LogP contribution in [-0.2, 0) is 62.3 Å². The zero-order valence-corrected chi connectivity index (χ0v) is 64.4. The first-order chi connectivity index (χ1) is 45.4. The first-order valence-electron chi connectivity index (χ1n) is 35.1. The monoisotopic (exact) mass is 1400 g/mol. The molecule has 0 saturated carbocycles. The van der Waals surface area contributed by atoms with Crippen LogP contribution in [0, 0.1) is 41.4 Å². The smallest absolute Gasteiger partial charge is 0.303 e. The van der Waals surface area contributed by atoms with Crippen LogP contribution in [0.15, 0.2) is 12.2 Å². The van der Waals surface area contributed by atoms with E-state index in [2.05, 4.69) is 21.3 Å². The number of carboxylic acid groups (broad SMARTS) is 1. The number of amides is 11. The van der Waals surface area contributed by atoms with Crippen molar-refractivity contribution < 1.29 is 72.5 Å². The Morgan fingerprint density at radius 2 is 0.888 bits per heavy atom. The number of hydrogen-bond acceptors (Lipinski definition) is 15. The van der Waals surface area contributed by atoms with Crippen LogP contribution in [0.1, 0.15) is 188 Å². The molecule has 0 bridgehead atoms. The molecule has 0 spiro atoms. The first-order valence-corrected chi connectivity index (χ1v) is 36.3. The highest BCUT2D eigenvalue weighted by molar-refractivity contribution is 7.99. The number of thioether (sulfide) groups is 1. The number of carbonyl (C=O) groups is 13. The summed E-state index contributed by atoms with van der Waals surface area (Å²) in [6, 6.07) is -14.3. The maximum atomic E-state index is 15.4. The molecule has 0 aliphatic carbocycles. The van der Waals surface area contributed by atoms with Gasteiger partial charge < -0.3 is 65.8 Å². The largest absolute Gasteiger partial charge is 0.481 e. The van der Waals surface area contributed by atoms with Crippen LogP contribution < -0.4 is 21.3 Å². The van der Waals surface area contributed by atoms with Gasteiger partial charge in [-0.25, -0.2) is 0 Å². The topological polar surface area (TPSA) is 333 Å². The molecule has 0 radical (unpaired) electrons. The van der Waals surface area contributed by atoms with Gasteiger partial charge in [0.2, 0.25) is 65.0 Å². The summed E-state index contributed by atoms with van der Waals surface area (Å²) in [5, 5.41) is 32.5. The maximum Gasteiger partial charge on any atom is 0.303 e. The molecule has 1 saturated heterocycles. The number of carboxylic acids is 1. The van der Waals surface area contributed by atoms with E-state index in [0.29, 0.717) is 12.2 Å². The molecular formula is C71H125N11O15S. The predicted octanol–water partition coefficient (Wildman–Crippen LogP) is 4.98. The van der Waals surface area contributed by atoms with Crippen LogP contribution in [0.4, 0.5) is 0 Å². The number of nitrogens with zero attached hydrogens (tertiary/aromatic N) is 7. The Labute approximate surface area is 589 Å². The molecule has 1 rings (SSSR count). The van der Waals surface area contributed by atoms with Crippen molar-refractivity contribution in [3.63, 3.8) is 0 Å². The number of aliphatic hydroxyl groups excluding tert-OH is 1. The van der Waals surface area contributed by atoms with Crippen LogP contribution >= 0.6 is 11.8 Å². The fourth-order valence-electron chi connectivity index (χ4n) is 12.1. The van der Waals surface area contributed by atoms with Crippen molar-refractivity contribution in [2.75, 3.05) is 60.8 Å². The molecule has 1 fully saturated rings. The highest BCUT2D eigenvalue weighted by atomic mass is 32.2. The molecule has 27 heteroatoms. The molecular weight excluding hydrogens is 1280 g/mol. The molecule has 26 nitrogen and oxygen atoms in total. The second-order valence-electron chi connectivity index (χ2n) is 29.3. The quantitative estimate of drug-likeness (QED) is 0.0519. The Balaban J connectivity index is 4.53. The van der Waals surface area contributed by atoms with E-state index in [1.807, 2.05) is 55.4 Å². The Kier molecular flexibility index (Phi) is 38.7. The Bertz CT molecular complexity index is 2730. The summed E-state index contributed by atoms with van der Waals surface area (Å²) in [7, 11) is 9.85. The summed E-state index contributed by atoms with van der Waals surface area (Å²) in [6.07, 6.45) is 3.22. The van der Waals surface area contributed by atoms with E-state index < -0.39 is 161 Å². The van der Waals surface area contributed by atoms with E-state index in [0.717, 1.165) is 4.90 Å². The SMILES string of the molecule is C/C=C/C[C@@H](C)[C@@H](O)[C@@H]1C(=O)N[C@H](CC)C(=O)N(C)[C@H](CSCCCC(=O)CCCC(=O)O)C(=O)N(C)[C@@H](CC(C)C)C(=O)N[C@H](C(C)C)C(=O)N(C)[C@H](CC(C)C)C(=O)N[C@H](C)C(=O)N[C@@H](C)C(=O)N(C)[C@H](CC(C)C)C(=O)N(C)[C@H](CC(C)C)C(=O)N(C)[C@H](C(C)C)C(=O)N1C. The summed E-state index contributed by atoms with van der Waals surface area (Å²) in [6.45, 7) is 29.6. The number of aliphatic carboxylic acids is 1. The average Bonchev–Trinajstić information content (AvgIpc) is 0.807. The number of hydrogen-bond donors (Lipinski definition) is 6. The van der Waals surface area contributed by atoms with E-state index in [9.17, 15) is 38.7 Å². The minimum absolute atomic E-state index is 0.0566. The van der Waals surface area contributed by atoms with Crippen molar-refractivity contribution >= 4 is 88.5 Å². The van der Waals surface area contributed by atoms with Crippen LogP contribution in [0.5, 0.6) is 0 Å². The number of allylic oxidation sites excluding steroid dienone is 2. The van der Waals surface area contributed by atoms with Gasteiger partial charge in [0.1, 0.15) is 72.2 Å². The first kappa shape index (κ1) is 89.4. The van der Waals surface area contributed by atoms with Crippen LogP contribution in [-0.4, -0.2) is 255 Å². The zero-order valence-electron chi connectivity index (χ0n) is 63.6. The van der Waals surface area contributed by atoms with Crippen molar-refractivity contribution in [1.29, 1.82) is 0 Å². The number of Topliss-reactive ketones (excluding diaryl/α,β-unsaturated/α-hetero) is 1. The summed E-state index contributed by atoms with van der Waals surface area (Å²) in [5.74, 6) is -11.4. The van der Waals surface area contributed by atoms with Gasteiger partial charge in [0.15, 0.2) is 0 Å². The van der Waals surface area contributed by atoms with Crippen LogP contribution in [0.25, 0.3) is 0 Å². The van der Waals surface area contributed by atoms with Gasteiger partial charge in [0, 0.05) is 74.3 Å². The number of carbonyl (C=O) groups excluding carboxylic acids is 12. The lowest BCUT2D eigenvalue weighted by atomic mass is 9.91. The normalized spacial score (nSPS) is 25.6. The molecule has 560 valence electrons. The van der Waals surface area contributed by atoms with Crippen molar-refractivity contribution in [3.8, 4) is 0 Å². The summed E-state index contributed by atoms with van der Waals surface area (Å²) < 4.78 is 0. The van der Waals surface area contributed by atoms with Crippen LogP contribution in [0.2, 0.25) is 0 Å². The van der Waals surface area contributed by atoms with Crippen molar-refractivity contribution in [1.82, 2.24) is 55.6 Å².